The Morgan fingerprint density at radius 3 is 2.79 bits per heavy atom. The van der Waals surface area contributed by atoms with Crippen LogP contribution in [0.25, 0.3) is 11.3 Å². The molecule has 4 aromatic rings. The first-order valence-corrected chi connectivity index (χ1v) is 8.80. The molecule has 28 heavy (non-hydrogen) atoms. The fraction of sp³-hybridized carbons (Fsp3) is 0.0909. The average molecular weight is 373 g/mol. The first kappa shape index (κ1) is 17.6. The van der Waals surface area contributed by atoms with Crippen molar-refractivity contribution in [3.8, 4) is 22.8 Å². The van der Waals surface area contributed by atoms with Crippen LogP contribution in [0.15, 0.2) is 83.7 Å². The van der Waals surface area contributed by atoms with Crippen LogP contribution < -0.4 is 14.8 Å². The summed E-state index contributed by atoms with van der Waals surface area (Å²) in [6.45, 7) is 0.425. The zero-order valence-corrected chi connectivity index (χ0v) is 15.3. The lowest BCUT2D eigenvalue weighted by molar-refractivity contribution is 0.306. The summed E-state index contributed by atoms with van der Waals surface area (Å²) in [5.41, 5.74) is 2.65. The summed E-state index contributed by atoms with van der Waals surface area (Å²) >= 11 is 0. The second-order valence-electron chi connectivity index (χ2n) is 6.03. The third-order valence-electron chi connectivity index (χ3n) is 4.10. The van der Waals surface area contributed by atoms with Crippen molar-refractivity contribution in [1.82, 2.24) is 9.97 Å². The molecule has 0 unspecified atom stereocenters. The van der Waals surface area contributed by atoms with Gasteiger partial charge in [0.1, 0.15) is 18.1 Å². The number of nitrogens with one attached hydrogen (secondary N) is 1. The minimum absolute atomic E-state index is 0.394. The van der Waals surface area contributed by atoms with E-state index in [9.17, 15) is 0 Å². The molecule has 4 rings (SSSR count). The van der Waals surface area contributed by atoms with Gasteiger partial charge in [0.15, 0.2) is 5.76 Å². The maximum Gasteiger partial charge on any atom is 0.299 e. The largest absolute Gasteiger partial charge is 0.497 e. The van der Waals surface area contributed by atoms with Gasteiger partial charge in [-0.2, -0.15) is 0 Å². The molecule has 6 heteroatoms. The third kappa shape index (κ3) is 4.12. The van der Waals surface area contributed by atoms with Gasteiger partial charge in [0.25, 0.3) is 6.01 Å². The van der Waals surface area contributed by atoms with Crippen LogP contribution in [0.3, 0.4) is 0 Å². The molecular weight excluding hydrogens is 354 g/mol. The van der Waals surface area contributed by atoms with Crippen LogP contribution in [0, 0.1) is 0 Å². The average Bonchev–Trinajstić information content (AvgIpc) is 3.21. The molecule has 2 aromatic carbocycles. The number of nitrogens with zero attached hydrogens (tertiary/aromatic N) is 2. The van der Waals surface area contributed by atoms with E-state index in [1.165, 1.54) is 0 Å². The Balaban J connectivity index is 1.52. The van der Waals surface area contributed by atoms with Gasteiger partial charge in [0.2, 0.25) is 0 Å². The van der Waals surface area contributed by atoms with Crippen molar-refractivity contribution >= 4 is 11.7 Å². The minimum atomic E-state index is 0.394. The van der Waals surface area contributed by atoms with E-state index in [1.54, 1.807) is 25.7 Å². The summed E-state index contributed by atoms with van der Waals surface area (Å²) in [5, 5.41) is 3.14. The van der Waals surface area contributed by atoms with E-state index in [2.05, 4.69) is 15.3 Å². The molecular formula is C22H19N3O3. The molecule has 0 radical (unpaired) electrons. The minimum Gasteiger partial charge on any atom is -0.497 e. The second kappa shape index (κ2) is 8.26. The molecule has 0 spiro atoms. The highest BCUT2D eigenvalue weighted by Gasteiger charge is 2.12. The molecule has 0 fully saturated rings. The molecule has 0 amide bonds. The van der Waals surface area contributed by atoms with Crippen LogP contribution in [-0.4, -0.2) is 17.1 Å². The van der Waals surface area contributed by atoms with Gasteiger partial charge >= 0.3 is 0 Å². The van der Waals surface area contributed by atoms with Crippen LogP contribution >= 0.6 is 0 Å². The fourth-order valence-electron chi connectivity index (χ4n) is 2.72. The molecule has 6 nitrogen and oxygen atoms in total. The lowest BCUT2D eigenvalue weighted by Crippen LogP contribution is -1.97. The molecule has 0 aliphatic heterocycles. The van der Waals surface area contributed by atoms with E-state index in [-0.39, 0.29) is 0 Å². The maximum atomic E-state index is 5.97. The number of hydrogen-bond donors (Lipinski definition) is 1. The summed E-state index contributed by atoms with van der Waals surface area (Å²) in [7, 11) is 1.63. The Bertz CT molecular complexity index is 1050. The Hall–Kier alpha value is -3.80. The van der Waals surface area contributed by atoms with Gasteiger partial charge in [-0.25, -0.2) is 4.98 Å². The first-order chi connectivity index (χ1) is 13.8. The number of aromatic nitrogens is 2. The van der Waals surface area contributed by atoms with Gasteiger partial charge < -0.3 is 19.2 Å². The van der Waals surface area contributed by atoms with Crippen LogP contribution in [-0.2, 0) is 6.61 Å². The van der Waals surface area contributed by atoms with Crippen LogP contribution in [0.5, 0.6) is 11.5 Å². The molecule has 0 aliphatic rings. The highest BCUT2D eigenvalue weighted by molar-refractivity contribution is 5.66. The van der Waals surface area contributed by atoms with Crippen LogP contribution in [0.4, 0.5) is 11.7 Å². The quantitative estimate of drug-likeness (QED) is 0.488. The van der Waals surface area contributed by atoms with Gasteiger partial charge in [0.05, 0.1) is 18.9 Å². The number of benzene rings is 2. The Kier molecular flexibility index (Phi) is 5.20. The van der Waals surface area contributed by atoms with Gasteiger partial charge in [-0.05, 0) is 30.3 Å². The third-order valence-corrected chi connectivity index (χ3v) is 4.10. The molecule has 0 aliphatic carbocycles. The molecule has 2 aromatic heterocycles. The fourth-order valence-corrected chi connectivity index (χ4v) is 2.72. The Morgan fingerprint density at radius 1 is 1.00 bits per heavy atom. The number of methoxy groups -OCH3 is 1. The van der Waals surface area contributed by atoms with Gasteiger partial charge in [0, 0.05) is 29.7 Å². The van der Waals surface area contributed by atoms with Gasteiger partial charge in [-0.3, -0.25) is 4.98 Å². The topological polar surface area (TPSA) is 69.4 Å². The standard InChI is InChI=1S/C22H19N3O3/c1-26-18-8-4-7-17(12-18)25-22-24-14-21(28-22)19-9-2-3-10-20(19)27-15-16-6-5-11-23-13-16/h2-14H,15H2,1H3,(H,24,25). The molecule has 0 bridgehead atoms. The van der Waals surface area contributed by atoms with Crippen molar-refractivity contribution in [3.63, 3.8) is 0 Å². The van der Waals surface area contributed by atoms with Gasteiger partial charge in [-0.15, -0.1) is 0 Å². The van der Waals surface area contributed by atoms with Crippen molar-refractivity contribution in [2.75, 3.05) is 12.4 Å². The zero-order chi connectivity index (χ0) is 19.2. The highest BCUT2D eigenvalue weighted by atomic mass is 16.5. The van der Waals surface area contributed by atoms with Crippen LogP contribution in [0.2, 0.25) is 0 Å². The number of rotatable bonds is 7. The number of oxazole rings is 1. The molecule has 0 saturated heterocycles. The Morgan fingerprint density at radius 2 is 1.93 bits per heavy atom. The van der Waals surface area contributed by atoms with Crippen molar-refractivity contribution < 1.29 is 13.9 Å². The molecule has 1 N–H and O–H groups in total. The van der Waals surface area contributed by atoms with Crippen molar-refractivity contribution in [3.05, 3.63) is 84.8 Å². The van der Waals surface area contributed by atoms with E-state index >= 15 is 0 Å². The number of pyridine rings is 1. The van der Waals surface area contributed by atoms with Crippen molar-refractivity contribution in [1.29, 1.82) is 0 Å². The Labute approximate surface area is 162 Å². The summed E-state index contributed by atoms with van der Waals surface area (Å²) in [6, 6.07) is 19.5. The number of anilines is 2. The smallest absolute Gasteiger partial charge is 0.299 e. The highest BCUT2D eigenvalue weighted by Crippen LogP contribution is 2.32. The number of ether oxygens (including phenoxy) is 2. The van der Waals surface area contributed by atoms with E-state index in [0.29, 0.717) is 18.4 Å². The summed E-state index contributed by atoms with van der Waals surface area (Å²) in [6.07, 6.45) is 5.20. The first-order valence-electron chi connectivity index (χ1n) is 8.80. The van der Waals surface area contributed by atoms with Crippen molar-refractivity contribution in [2.24, 2.45) is 0 Å². The number of para-hydroxylation sites is 1. The number of hydrogen-bond acceptors (Lipinski definition) is 6. The lowest BCUT2D eigenvalue weighted by Gasteiger charge is -2.09. The molecule has 2 heterocycles. The summed E-state index contributed by atoms with van der Waals surface area (Å²) in [5.74, 6) is 2.09. The van der Waals surface area contributed by atoms with E-state index < -0.39 is 0 Å². The van der Waals surface area contributed by atoms with Gasteiger partial charge in [-0.1, -0.05) is 24.3 Å². The van der Waals surface area contributed by atoms with Crippen molar-refractivity contribution in [2.45, 2.75) is 6.61 Å². The molecule has 0 atom stereocenters. The maximum absolute atomic E-state index is 5.97. The normalized spacial score (nSPS) is 10.5. The summed E-state index contributed by atoms with van der Waals surface area (Å²) < 4.78 is 17.1. The predicted octanol–water partition coefficient (Wildman–Crippen LogP) is 5.07. The van der Waals surface area contributed by atoms with E-state index in [4.69, 9.17) is 13.9 Å². The molecule has 140 valence electrons. The molecule has 0 saturated carbocycles. The second-order valence-corrected chi connectivity index (χ2v) is 6.03. The zero-order valence-electron chi connectivity index (χ0n) is 15.3. The van der Waals surface area contributed by atoms with E-state index in [1.807, 2.05) is 60.7 Å². The predicted molar refractivity (Wildman–Crippen MR) is 107 cm³/mol. The summed E-state index contributed by atoms with van der Waals surface area (Å²) in [4.78, 5) is 8.43. The van der Waals surface area contributed by atoms with E-state index in [0.717, 1.165) is 28.3 Å². The lowest BCUT2D eigenvalue weighted by atomic mass is 10.1. The monoisotopic (exact) mass is 373 g/mol. The van der Waals surface area contributed by atoms with Crippen LogP contribution in [0.1, 0.15) is 5.56 Å². The SMILES string of the molecule is COc1cccc(Nc2ncc(-c3ccccc3OCc3cccnc3)o2)c1.